The first-order chi connectivity index (χ1) is 8.41. The zero-order valence-electron chi connectivity index (χ0n) is 11.2. The average Bonchev–Trinajstić information content (AvgIpc) is 2.32. The molecule has 0 spiro atoms. The molecule has 2 saturated carbocycles. The van der Waals surface area contributed by atoms with Crippen molar-refractivity contribution in [1.29, 1.82) is 0 Å². The molecule has 0 amide bonds. The summed E-state index contributed by atoms with van der Waals surface area (Å²) in [6, 6.07) is 0. The van der Waals surface area contributed by atoms with Gasteiger partial charge in [-0.05, 0) is 30.6 Å². The quantitative estimate of drug-likeness (QED) is 0.767. The molecule has 0 bridgehead atoms. The first kappa shape index (κ1) is 13.3. The van der Waals surface area contributed by atoms with Crippen molar-refractivity contribution in [1.82, 2.24) is 0 Å². The molecule has 100 valence electrons. The fourth-order valence-electron chi connectivity index (χ4n) is 4.05. The Balaban J connectivity index is 2.39. The maximum absolute atomic E-state index is 12.3. The Morgan fingerprint density at radius 2 is 2.17 bits per heavy atom. The van der Waals surface area contributed by atoms with Crippen LogP contribution in [0.5, 0.6) is 0 Å². The number of hydrogen-bond acceptors (Lipinski definition) is 2. The number of carbonyl (C=O) groups is 2. The zero-order valence-corrected chi connectivity index (χ0v) is 11.2. The van der Waals surface area contributed by atoms with E-state index in [4.69, 9.17) is 0 Å². The molecule has 3 heteroatoms. The normalized spacial score (nSPS) is 44.2. The predicted molar refractivity (Wildman–Crippen MR) is 69.0 cm³/mol. The fourth-order valence-corrected chi connectivity index (χ4v) is 4.05. The third-order valence-corrected chi connectivity index (χ3v) is 5.44. The molecular formula is C15H22O3. The lowest BCUT2D eigenvalue weighted by Crippen LogP contribution is -2.52. The number of aliphatic carboxylic acids is 1. The van der Waals surface area contributed by atoms with Crippen LogP contribution in [0.1, 0.15) is 39.5 Å². The Morgan fingerprint density at radius 1 is 1.50 bits per heavy atom. The summed E-state index contributed by atoms with van der Waals surface area (Å²) in [5.41, 5.74) is -0.0415. The molecule has 3 nitrogen and oxygen atoms in total. The first-order valence-electron chi connectivity index (χ1n) is 6.80. The van der Waals surface area contributed by atoms with E-state index in [1.807, 2.05) is 0 Å². The van der Waals surface area contributed by atoms with Gasteiger partial charge in [0, 0.05) is 18.3 Å². The van der Waals surface area contributed by atoms with Crippen molar-refractivity contribution in [3.05, 3.63) is 12.7 Å². The Hall–Kier alpha value is -1.12. The monoisotopic (exact) mass is 250 g/mol. The molecule has 0 unspecified atom stereocenters. The smallest absolute Gasteiger partial charge is 0.307 e. The van der Waals surface area contributed by atoms with Crippen LogP contribution in [0.3, 0.4) is 0 Å². The van der Waals surface area contributed by atoms with Gasteiger partial charge in [0.1, 0.15) is 5.78 Å². The summed E-state index contributed by atoms with van der Waals surface area (Å²) in [6.07, 6.45) is 4.74. The van der Waals surface area contributed by atoms with Gasteiger partial charge >= 0.3 is 5.97 Å². The lowest BCUT2D eigenvalue weighted by molar-refractivity contribution is -0.154. The molecule has 0 aromatic carbocycles. The van der Waals surface area contributed by atoms with Crippen LogP contribution < -0.4 is 0 Å². The minimum Gasteiger partial charge on any atom is -0.481 e. The Kier molecular flexibility index (Phi) is 3.35. The number of ketones is 1. The molecule has 2 fully saturated rings. The molecule has 0 heterocycles. The van der Waals surface area contributed by atoms with Crippen molar-refractivity contribution in [3.8, 4) is 0 Å². The number of hydrogen-bond donors (Lipinski definition) is 1. The van der Waals surface area contributed by atoms with Gasteiger partial charge in [-0.25, -0.2) is 0 Å². The second kappa shape index (κ2) is 4.52. The van der Waals surface area contributed by atoms with Crippen LogP contribution >= 0.6 is 0 Å². The highest BCUT2D eigenvalue weighted by Gasteiger charge is 2.54. The van der Waals surface area contributed by atoms with Crippen LogP contribution in [0.4, 0.5) is 0 Å². The van der Waals surface area contributed by atoms with Crippen molar-refractivity contribution in [2.75, 3.05) is 0 Å². The predicted octanol–water partition coefficient (Wildman–Crippen LogP) is 2.90. The number of carboxylic acids is 1. The molecule has 2 aliphatic carbocycles. The van der Waals surface area contributed by atoms with Gasteiger partial charge in [-0.15, -0.1) is 6.58 Å². The van der Waals surface area contributed by atoms with E-state index in [2.05, 4.69) is 20.4 Å². The second-order valence-corrected chi connectivity index (χ2v) is 6.19. The molecular weight excluding hydrogens is 228 g/mol. The van der Waals surface area contributed by atoms with Crippen LogP contribution in [-0.4, -0.2) is 16.9 Å². The Labute approximate surface area is 108 Å². The van der Waals surface area contributed by atoms with Gasteiger partial charge in [-0.1, -0.05) is 19.9 Å². The van der Waals surface area contributed by atoms with Gasteiger partial charge < -0.3 is 5.11 Å². The molecule has 0 radical (unpaired) electrons. The van der Waals surface area contributed by atoms with E-state index in [1.165, 1.54) is 0 Å². The average molecular weight is 250 g/mol. The summed E-state index contributed by atoms with van der Waals surface area (Å²) >= 11 is 0. The molecule has 2 aliphatic rings. The van der Waals surface area contributed by atoms with E-state index in [0.29, 0.717) is 18.8 Å². The summed E-state index contributed by atoms with van der Waals surface area (Å²) in [6.45, 7) is 8.14. The number of allylic oxidation sites excluding steroid dienone is 1. The molecule has 5 atom stereocenters. The van der Waals surface area contributed by atoms with Crippen LogP contribution in [0.15, 0.2) is 12.7 Å². The van der Waals surface area contributed by atoms with Gasteiger partial charge in [0.15, 0.2) is 0 Å². The first-order valence-corrected chi connectivity index (χ1v) is 6.80. The van der Waals surface area contributed by atoms with Gasteiger partial charge in [0.2, 0.25) is 0 Å². The van der Waals surface area contributed by atoms with E-state index in [0.717, 1.165) is 12.8 Å². The number of carbonyl (C=O) groups excluding carboxylic acids is 1. The lowest BCUT2D eigenvalue weighted by atomic mass is 9.50. The molecule has 0 aliphatic heterocycles. The molecule has 0 aromatic rings. The van der Waals surface area contributed by atoms with Gasteiger partial charge in [-0.2, -0.15) is 0 Å². The minimum absolute atomic E-state index is 0.0415. The van der Waals surface area contributed by atoms with E-state index in [-0.39, 0.29) is 23.0 Å². The van der Waals surface area contributed by atoms with Crippen molar-refractivity contribution < 1.29 is 14.7 Å². The van der Waals surface area contributed by atoms with E-state index in [9.17, 15) is 14.7 Å². The highest BCUT2D eigenvalue weighted by molar-refractivity contribution is 5.84. The van der Waals surface area contributed by atoms with Gasteiger partial charge in [0.05, 0.1) is 5.92 Å². The lowest BCUT2D eigenvalue weighted by Gasteiger charge is -2.52. The van der Waals surface area contributed by atoms with Crippen LogP contribution in [0.25, 0.3) is 0 Å². The summed E-state index contributed by atoms with van der Waals surface area (Å²) in [5, 5.41) is 9.31. The maximum atomic E-state index is 12.3. The van der Waals surface area contributed by atoms with E-state index >= 15 is 0 Å². The van der Waals surface area contributed by atoms with Crippen LogP contribution in [0, 0.1) is 29.1 Å². The van der Waals surface area contributed by atoms with E-state index < -0.39 is 11.9 Å². The van der Waals surface area contributed by atoms with Crippen molar-refractivity contribution >= 4 is 11.8 Å². The molecule has 2 rings (SSSR count). The maximum Gasteiger partial charge on any atom is 0.307 e. The number of Topliss-reactive ketones (excluding diaryl/α,β-unsaturated/α-hetero) is 1. The molecule has 18 heavy (non-hydrogen) atoms. The summed E-state index contributed by atoms with van der Waals surface area (Å²) in [5.74, 6) is -0.836. The molecule has 0 aromatic heterocycles. The van der Waals surface area contributed by atoms with E-state index in [1.54, 1.807) is 6.08 Å². The SMILES string of the molecule is C=C[C@@H]1[C@H]2C(=O)CC[C@@H](C)[C@]2(C)CC[C@H]1C(=O)O. The third-order valence-electron chi connectivity index (χ3n) is 5.44. The number of fused-ring (bicyclic) bond motifs is 1. The van der Waals surface area contributed by atoms with Gasteiger partial charge in [-0.3, -0.25) is 9.59 Å². The Morgan fingerprint density at radius 3 is 2.72 bits per heavy atom. The summed E-state index contributed by atoms with van der Waals surface area (Å²) in [7, 11) is 0. The van der Waals surface area contributed by atoms with Crippen molar-refractivity contribution in [3.63, 3.8) is 0 Å². The molecule has 1 N–H and O–H groups in total. The standard InChI is InChI=1S/C15H22O3/c1-4-10-11(14(17)18)7-8-15(3)9(2)5-6-12(16)13(10)15/h4,9-11,13H,1,5-8H2,2-3H3,(H,17,18)/t9-,10+,11-,13+,15+/m1/s1. The van der Waals surface area contributed by atoms with Crippen LogP contribution in [0.2, 0.25) is 0 Å². The Bertz CT molecular complexity index is 387. The van der Waals surface area contributed by atoms with Gasteiger partial charge in [0.25, 0.3) is 0 Å². The molecule has 0 saturated heterocycles. The van der Waals surface area contributed by atoms with Crippen LogP contribution in [-0.2, 0) is 9.59 Å². The topological polar surface area (TPSA) is 54.4 Å². The zero-order chi connectivity index (χ0) is 13.5. The van der Waals surface area contributed by atoms with Crippen molar-refractivity contribution in [2.45, 2.75) is 39.5 Å². The third kappa shape index (κ3) is 1.80. The fraction of sp³-hybridized carbons (Fsp3) is 0.733. The number of rotatable bonds is 2. The summed E-state index contributed by atoms with van der Waals surface area (Å²) in [4.78, 5) is 23.6. The number of carboxylic acid groups (broad SMARTS) is 1. The second-order valence-electron chi connectivity index (χ2n) is 6.19. The summed E-state index contributed by atoms with van der Waals surface area (Å²) < 4.78 is 0. The highest BCUT2D eigenvalue weighted by Crippen LogP contribution is 2.55. The largest absolute Gasteiger partial charge is 0.481 e. The van der Waals surface area contributed by atoms with Crippen molar-refractivity contribution in [2.24, 2.45) is 29.1 Å². The minimum atomic E-state index is -0.784. The highest BCUT2D eigenvalue weighted by atomic mass is 16.4.